The van der Waals surface area contributed by atoms with Gasteiger partial charge in [-0.3, -0.25) is 4.90 Å². The van der Waals surface area contributed by atoms with Crippen LogP contribution in [0.4, 0.5) is 4.39 Å². The van der Waals surface area contributed by atoms with Crippen LogP contribution in [-0.4, -0.2) is 23.6 Å². The van der Waals surface area contributed by atoms with Gasteiger partial charge in [-0.15, -0.1) is 0 Å². The summed E-state index contributed by atoms with van der Waals surface area (Å²) in [4.78, 5) is 1.91. The Morgan fingerprint density at radius 3 is 2.37 bits per heavy atom. The molecular formula is C16H18FNO. The van der Waals surface area contributed by atoms with Crippen LogP contribution in [0.3, 0.4) is 0 Å². The van der Waals surface area contributed by atoms with Crippen LogP contribution in [-0.2, 0) is 6.54 Å². The average Bonchev–Trinajstić information content (AvgIpc) is 2.42. The maximum Gasteiger partial charge on any atom is 0.127 e. The fourth-order valence-corrected chi connectivity index (χ4v) is 2.06. The molecule has 0 aliphatic rings. The Bertz CT molecular complexity index is 515. The molecular weight excluding hydrogens is 241 g/mol. The summed E-state index contributed by atoms with van der Waals surface area (Å²) in [6.07, 6.45) is -0.557. The number of hydrogen-bond acceptors (Lipinski definition) is 2. The first-order valence-corrected chi connectivity index (χ1v) is 6.32. The van der Waals surface area contributed by atoms with Crippen LogP contribution in [0.25, 0.3) is 0 Å². The second kappa shape index (κ2) is 6.45. The number of hydrogen-bond donors (Lipinski definition) is 1. The highest BCUT2D eigenvalue weighted by atomic mass is 19.1. The molecule has 0 amide bonds. The van der Waals surface area contributed by atoms with Crippen LogP contribution in [0.15, 0.2) is 54.6 Å². The quantitative estimate of drug-likeness (QED) is 0.892. The first-order chi connectivity index (χ1) is 9.16. The summed E-state index contributed by atoms with van der Waals surface area (Å²) in [6.45, 7) is 0.953. The number of rotatable bonds is 5. The largest absolute Gasteiger partial charge is 0.387 e. The lowest BCUT2D eigenvalue weighted by atomic mass is 10.1. The average molecular weight is 259 g/mol. The summed E-state index contributed by atoms with van der Waals surface area (Å²) in [5.74, 6) is -0.205. The standard InChI is InChI=1S/C16H18FNO/c1-18(11-14-9-5-6-10-15(14)17)12-16(19)13-7-3-2-4-8-13/h2-10,16,19H,11-12H2,1H3/t16-/m1/s1. The third kappa shape index (κ3) is 3.88. The highest BCUT2D eigenvalue weighted by Crippen LogP contribution is 2.15. The Kier molecular flexibility index (Phi) is 4.66. The molecule has 0 heterocycles. The summed E-state index contributed by atoms with van der Waals surface area (Å²) in [7, 11) is 1.87. The van der Waals surface area contributed by atoms with E-state index in [1.165, 1.54) is 6.07 Å². The summed E-state index contributed by atoms with van der Waals surface area (Å²) >= 11 is 0. The van der Waals surface area contributed by atoms with Gasteiger partial charge in [0.05, 0.1) is 6.10 Å². The normalized spacial score (nSPS) is 12.6. The van der Waals surface area contributed by atoms with Crippen LogP contribution >= 0.6 is 0 Å². The lowest BCUT2D eigenvalue weighted by Crippen LogP contribution is -2.24. The highest BCUT2D eigenvalue weighted by molar-refractivity contribution is 5.19. The molecule has 0 spiro atoms. The predicted octanol–water partition coefficient (Wildman–Crippen LogP) is 2.99. The number of benzene rings is 2. The predicted molar refractivity (Wildman–Crippen MR) is 74.1 cm³/mol. The fourth-order valence-electron chi connectivity index (χ4n) is 2.06. The minimum atomic E-state index is -0.557. The minimum Gasteiger partial charge on any atom is -0.387 e. The van der Waals surface area contributed by atoms with Gasteiger partial charge in [0.15, 0.2) is 0 Å². The molecule has 1 atom stereocenters. The second-order valence-corrected chi connectivity index (χ2v) is 4.71. The van der Waals surface area contributed by atoms with Gasteiger partial charge in [0.1, 0.15) is 5.82 Å². The van der Waals surface area contributed by atoms with Gasteiger partial charge in [-0.25, -0.2) is 4.39 Å². The van der Waals surface area contributed by atoms with Crippen LogP contribution in [0.2, 0.25) is 0 Å². The van der Waals surface area contributed by atoms with Gasteiger partial charge in [-0.2, -0.15) is 0 Å². The van der Waals surface area contributed by atoms with E-state index in [9.17, 15) is 9.50 Å². The summed E-state index contributed by atoms with van der Waals surface area (Å²) in [5, 5.41) is 10.1. The Balaban J connectivity index is 1.95. The Hall–Kier alpha value is -1.71. The van der Waals surface area contributed by atoms with E-state index in [1.807, 2.05) is 48.3 Å². The Morgan fingerprint density at radius 2 is 1.68 bits per heavy atom. The van der Waals surface area contributed by atoms with Gasteiger partial charge in [-0.05, 0) is 18.7 Å². The highest BCUT2D eigenvalue weighted by Gasteiger charge is 2.11. The summed E-state index contributed by atoms with van der Waals surface area (Å²) in [5.41, 5.74) is 1.52. The zero-order valence-corrected chi connectivity index (χ0v) is 11.0. The fraction of sp³-hybridized carbons (Fsp3) is 0.250. The van der Waals surface area contributed by atoms with Crippen molar-refractivity contribution in [3.05, 3.63) is 71.5 Å². The van der Waals surface area contributed by atoms with Crippen molar-refractivity contribution in [1.82, 2.24) is 4.90 Å². The van der Waals surface area contributed by atoms with Gasteiger partial charge in [0, 0.05) is 18.7 Å². The lowest BCUT2D eigenvalue weighted by molar-refractivity contribution is 0.123. The van der Waals surface area contributed by atoms with E-state index in [2.05, 4.69) is 0 Å². The maximum absolute atomic E-state index is 13.5. The maximum atomic E-state index is 13.5. The number of aliphatic hydroxyl groups excluding tert-OH is 1. The molecule has 100 valence electrons. The van der Waals surface area contributed by atoms with Gasteiger partial charge in [-0.1, -0.05) is 48.5 Å². The molecule has 0 saturated heterocycles. The van der Waals surface area contributed by atoms with Crippen molar-refractivity contribution >= 4 is 0 Å². The molecule has 2 rings (SSSR count). The summed E-state index contributed by atoms with van der Waals surface area (Å²) < 4.78 is 13.5. The molecule has 2 aromatic carbocycles. The first kappa shape index (κ1) is 13.7. The van der Waals surface area contributed by atoms with Gasteiger partial charge < -0.3 is 5.11 Å². The van der Waals surface area contributed by atoms with E-state index in [-0.39, 0.29) is 5.82 Å². The molecule has 3 heteroatoms. The van der Waals surface area contributed by atoms with Crippen molar-refractivity contribution in [2.75, 3.05) is 13.6 Å². The number of nitrogens with zero attached hydrogens (tertiary/aromatic N) is 1. The molecule has 1 N–H and O–H groups in total. The van der Waals surface area contributed by atoms with Crippen LogP contribution < -0.4 is 0 Å². The zero-order chi connectivity index (χ0) is 13.7. The van der Waals surface area contributed by atoms with Crippen LogP contribution in [0, 0.1) is 5.82 Å². The summed E-state index contributed by atoms with van der Waals surface area (Å²) in [6, 6.07) is 16.2. The van der Waals surface area contributed by atoms with Crippen molar-refractivity contribution in [2.45, 2.75) is 12.6 Å². The molecule has 0 bridgehead atoms. The van der Waals surface area contributed by atoms with Crippen molar-refractivity contribution in [2.24, 2.45) is 0 Å². The molecule has 0 aliphatic heterocycles. The van der Waals surface area contributed by atoms with Crippen molar-refractivity contribution < 1.29 is 9.50 Å². The molecule has 0 aromatic heterocycles. The Morgan fingerprint density at radius 1 is 1.05 bits per heavy atom. The molecule has 2 aromatic rings. The molecule has 0 aliphatic carbocycles. The molecule has 0 fully saturated rings. The zero-order valence-electron chi connectivity index (χ0n) is 11.0. The monoisotopic (exact) mass is 259 g/mol. The molecule has 0 unspecified atom stereocenters. The van der Waals surface area contributed by atoms with E-state index in [0.717, 1.165) is 5.56 Å². The van der Waals surface area contributed by atoms with E-state index in [4.69, 9.17) is 0 Å². The number of halogens is 1. The SMILES string of the molecule is CN(Cc1ccccc1F)C[C@@H](O)c1ccccc1. The first-order valence-electron chi connectivity index (χ1n) is 6.32. The molecule has 0 saturated carbocycles. The van der Waals surface area contributed by atoms with E-state index in [1.54, 1.807) is 12.1 Å². The smallest absolute Gasteiger partial charge is 0.127 e. The third-order valence-corrected chi connectivity index (χ3v) is 3.07. The van der Waals surface area contributed by atoms with Gasteiger partial charge >= 0.3 is 0 Å². The number of aliphatic hydroxyl groups is 1. The third-order valence-electron chi connectivity index (χ3n) is 3.07. The lowest BCUT2D eigenvalue weighted by Gasteiger charge is -2.21. The minimum absolute atomic E-state index is 0.205. The van der Waals surface area contributed by atoms with E-state index >= 15 is 0 Å². The molecule has 2 nitrogen and oxygen atoms in total. The van der Waals surface area contributed by atoms with E-state index in [0.29, 0.717) is 18.7 Å². The van der Waals surface area contributed by atoms with Crippen LogP contribution in [0.5, 0.6) is 0 Å². The van der Waals surface area contributed by atoms with Crippen molar-refractivity contribution in [3.8, 4) is 0 Å². The molecule has 19 heavy (non-hydrogen) atoms. The van der Waals surface area contributed by atoms with Gasteiger partial charge in [0.25, 0.3) is 0 Å². The van der Waals surface area contributed by atoms with Gasteiger partial charge in [0.2, 0.25) is 0 Å². The second-order valence-electron chi connectivity index (χ2n) is 4.71. The van der Waals surface area contributed by atoms with Crippen molar-refractivity contribution in [1.29, 1.82) is 0 Å². The van der Waals surface area contributed by atoms with E-state index < -0.39 is 6.10 Å². The number of likely N-dealkylation sites (N-methyl/N-ethyl adjacent to an activating group) is 1. The topological polar surface area (TPSA) is 23.5 Å². The Labute approximate surface area is 113 Å². The van der Waals surface area contributed by atoms with Crippen LogP contribution in [0.1, 0.15) is 17.2 Å². The molecule has 0 radical (unpaired) electrons. The van der Waals surface area contributed by atoms with Crippen molar-refractivity contribution in [3.63, 3.8) is 0 Å².